The minimum atomic E-state index is -1.64. The van der Waals surface area contributed by atoms with Crippen molar-refractivity contribution in [1.82, 2.24) is 9.88 Å². The molecule has 0 unspecified atom stereocenters. The molecule has 0 bridgehead atoms. The van der Waals surface area contributed by atoms with Crippen molar-refractivity contribution in [3.63, 3.8) is 0 Å². The summed E-state index contributed by atoms with van der Waals surface area (Å²) in [7, 11) is 0. The number of aromatic nitrogens is 1. The van der Waals surface area contributed by atoms with Crippen LogP contribution in [0.2, 0.25) is 0 Å². The molecule has 4 rings (SSSR count). The lowest BCUT2D eigenvalue weighted by atomic mass is 9.91. The molecule has 1 atom stereocenters. The fourth-order valence-electron chi connectivity index (χ4n) is 3.54. The van der Waals surface area contributed by atoms with E-state index in [9.17, 15) is 14.7 Å². The minimum Gasteiger partial charge on any atom is -0.378 e. The van der Waals surface area contributed by atoms with Gasteiger partial charge in [-0.3, -0.25) is 14.6 Å². The molecule has 6 heteroatoms. The molecule has 0 radical (unpaired) electrons. The van der Waals surface area contributed by atoms with Crippen LogP contribution in [0, 0.1) is 0 Å². The van der Waals surface area contributed by atoms with E-state index in [0.29, 0.717) is 24.4 Å². The summed E-state index contributed by atoms with van der Waals surface area (Å²) in [4.78, 5) is 30.9. The third-order valence-corrected chi connectivity index (χ3v) is 5.18. The Labute approximate surface area is 145 Å². The van der Waals surface area contributed by atoms with Crippen LogP contribution in [0.25, 0.3) is 10.9 Å². The molecule has 25 heavy (non-hydrogen) atoms. The summed E-state index contributed by atoms with van der Waals surface area (Å²) < 4.78 is 0. The van der Waals surface area contributed by atoms with Crippen molar-refractivity contribution in [2.75, 3.05) is 13.1 Å². The normalized spacial score (nSPS) is 23.6. The first-order valence-corrected chi connectivity index (χ1v) is 8.69. The molecule has 1 aromatic carbocycles. The highest BCUT2D eigenvalue weighted by Crippen LogP contribution is 2.40. The summed E-state index contributed by atoms with van der Waals surface area (Å²) in [6, 6.07) is 9.46. The van der Waals surface area contributed by atoms with E-state index in [1.54, 1.807) is 0 Å². The SMILES string of the molecule is NC(=O)[C@@]1(O)CCCN(C(=O)c2cc(C3CC3)nc3ccccc23)C1. The largest absolute Gasteiger partial charge is 0.378 e. The van der Waals surface area contributed by atoms with Crippen molar-refractivity contribution in [2.24, 2.45) is 5.73 Å². The standard InChI is InChI=1S/C19H21N3O3/c20-18(24)19(25)8-3-9-22(11-19)17(23)14-10-16(12-6-7-12)21-15-5-2-1-4-13(14)15/h1-2,4-5,10,12,25H,3,6-9,11H2,(H2,20,24)/t19-/m1/s1. The molecular weight excluding hydrogens is 318 g/mol. The maximum Gasteiger partial charge on any atom is 0.254 e. The zero-order valence-electron chi connectivity index (χ0n) is 13.9. The second-order valence-electron chi connectivity index (χ2n) is 7.11. The van der Waals surface area contributed by atoms with E-state index in [0.717, 1.165) is 29.4 Å². The average molecular weight is 339 g/mol. The molecule has 1 saturated heterocycles. The molecule has 1 aromatic heterocycles. The van der Waals surface area contributed by atoms with Crippen LogP contribution in [0.1, 0.15) is 47.7 Å². The lowest BCUT2D eigenvalue weighted by molar-refractivity contribution is -0.140. The fraction of sp³-hybridized carbons (Fsp3) is 0.421. The van der Waals surface area contributed by atoms with E-state index in [-0.39, 0.29) is 18.9 Å². The van der Waals surface area contributed by atoms with Crippen LogP contribution in [-0.4, -0.2) is 45.5 Å². The summed E-state index contributed by atoms with van der Waals surface area (Å²) in [6.07, 6.45) is 3.04. The molecule has 3 N–H and O–H groups in total. The molecule has 2 heterocycles. The highest BCUT2D eigenvalue weighted by atomic mass is 16.3. The number of amides is 2. The smallest absolute Gasteiger partial charge is 0.254 e. The monoisotopic (exact) mass is 339 g/mol. The third kappa shape index (κ3) is 2.87. The number of nitrogens with zero attached hydrogens (tertiary/aromatic N) is 2. The molecule has 2 aliphatic rings. The van der Waals surface area contributed by atoms with Gasteiger partial charge < -0.3 is 15.7 Å². The van der Waals surface area contributed by atoms with Gasteiger partial charge in [-0.2, -0.15) is 0 Å². The number of rotatable bonds is 3. The van der Waals surface area contributed by atoms with E-state index in [1.165, 1.54) is 4.90 Å². The van der Waals surface area contributed by atoms with E-state index in [4.69, 9.17) is 5.73 Å². The number of aliphatic hydroxyl groups is 1. The van der Waals surface area contributed by atoms with Crippen LogP contribution in [-0.2, 0) is 4.79 Å². The van der Waals surface area contributed by atoms with E-state index in [2.05, 4.69) is 4.98 Å². The van der Waals surface area contributed by atoms with Gasteiger partial charge in [-0.25, -0.2) is 0 Å². The molecule has 1 aliphatic heterocycles. The van der Waals surface area contributed by atoms with Gasteiger partial charge in [0.1, 0.15) is 0 Å². The van der Waals surface area contributed by atoms with Crippen LogP contribution >= 0.6 is 0 Å². The van der Waals surface area contributed by atoms with Gasteiger partial charge in [0.15, 0.2) is 5.60 Å². The van der Waals surface area contributed by atoms with Crippen molar-refractivity contribution in [3.8, 4) is 0 Å². The van der Waals surface area contributed by atoms with Crippen LogP contribution in [0.5, 0.6) is 0 Å². The molecule has 2 aromatic rings. The second-order valence-corrected chi connectivity index (χ2v) is 7.11. The predicted molar refractivity (Wildman–Crippen MR) is 93.0 cm³/mol. The van der Waals surface area contributed by atoms with Crippen molar-refractivity contribution >= 4 is 22.7 Å². The Bertz CT molecular complexity index is 862. The highest BCUT2D eigenvalue weighted by Gasteiger charge is 2.40. The first kappa shape index (κ1) is 16.0. The Morgan fingerprint density at radius 3 is 2.76 bits per heavy atom. The highest BCUT2D eigenvalue weighted by molar-refractivity contribution is 6.06. The van der Waals surface area contributed by atoms with Crippen molar-refractivity contribution in [1.29, 1.82) is 0 Å². The zero-order chi connectivity index (χ0) is 17.6. The molecule has 2 fully saturated rings. The first-order valence-electron chi connectivity index (χ1n) is 8.69. The Morgan fingerprint density at radius 2 is 2.04 bits per heavy atom. The molecule has 2 amide bonds. The molecule has 6 nitrogen and oxygen atoms in total. The number of piperidine rings is 1. The Balaban J connectivity index is 1.73. The van der Waals surface area contributed by atoms with Gasteiger partial charge >= 0.3 is 0 Å². The first-order chi connectivity index (χ1) is 12.0. The van der Waals surface area contributed by atoms with Gasteiger partial charge in [-0.15, -0.1) is 0 Å². The number of fused-ring (bicyclic) bond motifs is 1. The van der Waals surface area contributed by atoms with E-state index >= 15 is 0 Å². The topological polar surface area (TPSA) is 96.5 Å². The van der Waals surface area contributed by atoms with Gasteiger partial charge in [0.05, 0.1) is 17.6 Å². The minimum absolute atomic E-state index is 0.0590. The number of para-hydroxylation sites is 1. The predicted octanol–water partition coefficient (Wildman–Crippen LogP) is 1.56. The molecule has 1 saturated carbocycles. The van der Waals surface area contributed by atoms with Crippen LogP contribution in [0.4, 0.5) is 0 Å². The van der Waals surface area contributed by atoms with Gasteiger partial charge in [0, 0.05) is 23.5 Å². The second kappa shape index (κ2) is 5.81. The van der Waals surface area contributed by atoms with E-state index < -0.39 is 11.5 Å². The number of carbonyl (C=O) groups excluding carboxylic acids is 2. The maximum absolute atomic E-state index is 13.2. The average Bonchev–Trinajstić information content (AvgIpc) is 3.45. The number of likely N-dealkylation sites (tertiary alicyclic amines) is 1. The number of benzene rings is 1. The number of hydrogen-bond donors (Lipinski definition) is 2. The lowest BCUT2D eigenvalue weighted by Crippen LogP contribution is -2.57. The van der Waals surface area contributed by atoms with Gasteiger partial charge in [0.25, 0.3) is 11.8 Å². The van der Waals surface area contributed by atoms with Crippen LogP contribution in [0.3, 0.4) is 0 Å². The van der Waals surface area contributed by atoms with Crippen LogP contribution < -0.4 is 5.73 Å². The summed E-state index contributed by atoms with van der Waals surface area (Å²) in [5.74, 6) is -0.525. The number of primary amides is 1. The maximum atomic E-state index is 13.2. The van der Waals surface area contributed by atoms with Crippen molar-refractivity contribution < 1.29 is 14.7 Å². The molecule has 130 valence electrons. The Hall–Kier alpha value is -2.47. The summed E-state index contributed by atoms with van der Waals surface area (Å²) >= 11 is 0. The number of β-amino-alcohol motifs (C(OH)–C–C–N with tert-alkyl or cyclic N) is 1. The van der Waals surface area contributed by atoms with Crippen LogP contribution in [0.15, 0.2) is 30.3 Å². The van der Waals surface area contributed by atoms with Crippen molar-refractivity contribution in [2.45, 2.75) is 37.2 Å². The summed E-state index contributed by atoms with van der Waals surface area (Å²) in [5, 5.41) is 11.2. The zero-order valence-corrected chi connectivity index (χ0v) is 13.9. The summed E-state index contributed by atoms with van der Waals surface area (Å²) in [5.41, 5.74) is 6.02. The molecular formula is C19H21N3O3. The van der Waals surface area contributed by atoms with E-state index in [1.807, 2.05) is 30.3 Å². The molecule has 1 aliphatic carbocycles. The number of carbonyl (C=O) groups is 2. The Kier molecular flexibility index (Phi) is 3.72. The Morgan fingerprint density at radius 1 is 1.28 bits per heavy atom. The number of pyridine rings is 1. The van der Waals surface area contributed by atoms with Gasteiger partial charge in [-0.05, 0) is 37.8 Å². The molecule has 0 spiro atoms. The lowest BCUT2D eigenvalue weighted by Gasteiger charge is -2.37. The van der Waals surface area contributed by atoms with Gasteiger partial charge in [-0.1, -0.05) is 18.2 Å². The third-order valence-electron chi connectivity index (χ3n) is 5.18. The fourth-order valence-corrected chi connectivity index (χ4v) is 3.54. The van der Waals surface area contributed by atoms with Crippen molar-refractivity contribution in [3.05, 3.63) is 41.6 Å². The quantitative estimate of drug-likeness (QED) is 0.887. The number of hydrogen-bond acceptors (Lipinski definition) is 4. The van der Waals surface area contributed by atoms with Gasteiger partial charge in [0.2, 0.25) is 0 Å². The number of nitrogens with two attached hydrogens (primary N) is 1. The summed E-state index contributed by atoms with van der Waals surface area (Å²) in [6.45, 7) is 0.445.